The van der Waals surface area contributed by atoms with Crippen LogP contribution in [0.2, 0.25) is 0 Å². The number of rotatable bonds is 4. The molecule has 3 heteroatoms. The Morgan fingerprint density at radius 2 is 1.37 bits per heavy atom. The zero-order valence-electron chi connectivity index (χ0n) is 19.9. The Labute approximate surface area is 182 Å². The first kappa shape index (κ1) is 22.5. The highest BCUT2D eigenvalue weighted by Gasteiger charge is 2.68. The van der Waals surface area contributed by atoms with Crippen molar-refractivity contribution in [2.75, 3.05) is 13.1 Å². The van der Waals surface area contributed by atoms with Gasteiger partial charge >= 0.3 is 0 Å². The van der Waals surface area contributed by atoms with Crippen molar-refractivity contribution in [3.8, 4) is 0 Å². The number of amides is 1. The SMILES string of the molecule is CCN(CC)C(=O)[C@H]1[C@H](c2ccccc2)C12C=C(C(C)(C)C)C(=O)C(C(C)(C)C)=C2. The van der Waals surface area contributed by atoms with E-state index >= 15 is 0 Å². The van der Waals surface area contributed by atoms with Gasteiger partial charge in [-0.15, -0.1) is 0 Å². The number of hydrogen-bond donors (Lipinski definition) is 0. The lowest BCUT2D eigenvalue weighted by atomic mass is 9.69. The largest absolute Gasteiger partial charge is 0.343 e. The molecule has 1 saturated carbocycles. The molecule has 1 fully saturated rings. The molecule has 2 atom stereocenters. The first-order valence-corrected chi connectivity index (χ1v) is 11.2. The molecule has 3 nitrogen and oxygen atoms in total. The summed E-state index contributed by atoms with van der Waals surface area (Å²) in [6.45, 7) is 18.0. The summed E-state index contributed by atoms with van der Waals surface area (Å²) >= 11 is 0. The van der Waals surface area contributed by atoms with Gasteiger partial charge in [-0.25, -0.2) is 0 Å². The van der Waals surface area contributed by atoms with E-state index in [0.717, 1.165) is 11.1 Å². The van der Waals surface area contributed by atoms with Gasteiger partial charge in [0.2, 0.25) is 5.91 Å². The maximum Gasteiger partial charge on any atom is 0.227 e. The standard InChI is InChI=1S/C27H37NO2/c1-9-28(10-2)24(30)22-21(18-14-12-11-13-15-18)27(22)16-19(25(3,4)5)23(29)20(17-27)26(6,7)8/h11-17,21-22H,9-10H2,1-8H3/t21-,22+/m0/s1. The third kappa shape index (κ3) is 3.68. The molecule has 0 bridgehead atoms. The van der Waals surface area contributed by atoms with Gasteiger partial charge in [-0.05, 0) is 30.2 Å². The number of carbonyl (C=O) groups is 2. The van der Waals surface area contributed by atoms with Crippen molar-refractivity contribution < 1.29 is 9.59 Å². The predicted octanol–water partition coefficient (Wildman–Crippen LogP) is 5.78. The van der Waals surface area contributed by atoms with Crippen molar-refractivity contribution in [1.82, 2.24) is 4.90 Å². The van der Waals surface area contributed by atoms with Crippen LogP contribution in [0, 0.1) is 22.2 Å². The summed E-state index contributed by atoms with van der Waals surface area (Å²) < 4.78 is 0. The molecule has 1 spiro atoms. The van der Waals surface area contributed by atoms with Crippen molar-refractivity contribution in [2.45, 2.75) is 61.3 Å². The van der Waals surface area contributed by atoms with Gasteiger partial charge in [0, 0.05) is 35.6 Å². The Bertz CT molecular complexity index is 855. The summed E-state index contributed by atoms with van der Waals surface area (Å²) in [5.41, 5.74) is 1.87. The van der Waals surface area contributed by atoms with E-state index in [9.17, 15) is 9.59 Å². The predicted molar refractivity (Wildman–Crippen MR) is 123 cm³/mol. The number of nitrogens with zero attached hydrogens (tertiary/aromatic N) is 1. The minimum absolute atomic E-state index is 0.0644. The summed E-state index contributed by atoms with van der Waals surface area (Å²) in [6.07, 6.45) is 4.29. The third-order valence-corrected chi connectivity index (χ3v) is 6.70. The lowest BCUT2D eigenvalue weighted by Gasteiger charge is -2.34. The second-order valence-corrected chi connectivity index (χ2v) is 10.8. The van der Waals surface area contributed by atoms with E-state index in [-0.39, 0.29) is 34.4 Å². The number of hydrogen-bond acceptors (Lipinski definition) is 2. The number of Topliss-reactive ketones (excluding diaryl/α,β-unsaturated/α-hetero) is 1. The minimum atomic E-state index is -0.430. The second-order valence-electron chi connectivity index (χ2n) is 10.8. The molecule has 0 heterocycles. The fourth-order valence-electron chi connectivity index (χ4n) is 4.95. The summed E-state index contributed by atoms with van der Waals surface area (Å²) in [7, 11) is 0. The van der Waals surface area contributed by atoms with E-state index in [2.05, 4.69) is 65.8 Å². The fraction of sp³-hybridized carbons (Fsp3) is 0.556. The maximum absolute atomic E-state index is 13.6. The van der Waals surface area contributed by atoms with Crippen molar-refractivity contribution in [3.63, 3.8) is 0 Å². The molecule has 0 radical (unpaired) electrons. The van der Waals surface area contributed by atoms with Gasteiger partial charge in [-0.2, -0.15) is 0 Å². The lowest BCUT2D eigenvalue weighted by Crippen LogP contribution is -2.35. The van der Waals surface area contributed by atoms with Gasteiger partial charge in [0.05, 0.1) is 5.92 Å². The van der Waals surface area contributed by atoms with Crippen LogP contribution < -0.4 is 0 Å². The Hall–Kier alpha value is -2.16. The molecular weight excluding hydrogens is 370 g/mol. The highest BCUT2D eigenvalue weighted by Crippen LogP contribution is 2.70. The average molecular weight is 408 g/mol. The Balaban J connectivity index is 2.23. The Morgan fingerprint density at radius 3 is 1.77 bits per heavy atom. The summed E-state index contributed by atoms with van der Waals surface area (Å²) in [4.78, 5) is 29.0. The van der Waals surface area contributed by atoms with Crippen molar-refractivity contribution in [1.29, 1.82) is 0 Å². The van der Waals surface area contributed by atoms with Crippen LogP contribution in [0.15, 0.2) is 53.6 Å². The number of benzene rings is 1. The van der Waals surface area contributed by atoms with E-state index in [1.165, 1.54) is 5.56 Å². The zero-order valence-corrected chi connectivity index (χ0v) is 19.9. The van der Waals surface area contributed by atoms with E-state index in [1.54, 1.807) is 0 Å². The highest BCUT2D eigenvalue weighted by atomic mass is 16.2. The topological polar surface area (TPSA) is 37.4 Å². The summed E-state index contributed by atoms with van der Waals surface area (Å²) in [6, 6.07) is 10.3. The van der Waals surface area contributed by atoms with Crippen LogP contribution in [-0.2, 0) is 9.59 Å². The molecule has 3 rings (SSSR count). The van der Waals surface area contributed by atoms with Gasteiger partial charge in [0.15, 0.2) is 5.78 Å². The van der Waals surface area contributed by atoms with Crippen LogP contribution in [-0.4, -0.2) is 29.7 Å². The van der Waals surface area contributed by atoms with Crippen LogP contribution in [0.1, 0.15) is 66.9 Å². The van der Waals surface area contributed by atoms with E-state index in [0.29, 0.717) is 13.1 Å². The molecule has 1 amide bonds. The number of allylic oxidation sites excluding steroid dienone is 4. The molecule has 0 unspecified atom stereocenters. The minimum Gasteiger partial charge on any atom is -0.343 e. The first-order chi connectivity index (χ1) is 13.9. The molecule has 30 heavy (non-hydrogen) atoms. The molecular formula is C27H37NO2. The first-order valence-electron chi connectivity index (χ1n) is 11.2. The monoisotopic (exact) mass is 407 g/mol. The molecule has 0 N–H and O–H groups in total. The van der Waals surface area contributed by atoms with Gasteiger partial charge < -0.3 is 4.90 Å². The van der Waals surface area contributed by atoms with Crippen LogP contribution in [0.5, 0.6) is 0 Å². The molecule has 2 aliphatic rings. The molecule has 1 aromatic carbocycles. The average Bonchev–Trinajstić information content (AvgIpc) is 3.30. The normalized spacial score (nSPS) is 23.1. The summed E-state index contributed by atoms with van der Waals surface area (Å²) in [5, 5.41) is 0. The van der Waals surface area contributed by atoms with Crippen LogP contribution in [0.25, 0.3) is 0 Å². The van der Waals surface area contributed by atoms with Gasteiger partial charge in [0.1, 0.15) is 0 Å². The fourth-order valence-corrected chi connectivity index (χ4v) is 4.95. The lowest BCUT2D eigenvalue weighted by molar-refractivity contribution is -0.132. The van der Waals surface area contributed by atoms with E-state index < -0.39 is 5.41 Å². The Kier molecular flexibility index (Phi) is 5.64. The van der Waals surface area contributed by atoms with Crippen LogP contribution in [0.3, 0.4) is 0 Å². The van der Waals surface area contributed by atoms with Crippen LogP contribution >= 0.6 is 0 Å². The van der Waals surface area contributed by atoms with Gasteiger partial charge in [-0.1, -0.05) is 84.0 Å². The Morgan fingerprint density at radius 1 is 0.900 bits per heavy atom. The maximum atomic E-state index is 13.6. The number of carbonyl (C=O) groups excluding carboxylic acids is 2. The molecule has 0 aliphatic heterocycles. The van der Waals surface area contributed by atoms with Crippen molar-refractivity contribution in [2.24, 2.45) is 22.2 Å². The zero-order chi connectivity index (χ0) is 22.5. The summed E-state index contributed by atoms with van der Waals surface area (Å²) in [5.74, 6) is 0.225. The van der Waals surface area contributed by atoms with E-state index in [4.69, 9.17) is 0 Å². The quantitative estimate of drug-likeness (QED) is 0.634. The number of ketones is 1. The smallest absolute Gasteiger partial charge is 0.227 e. The molecule has 2 aliphatic carbocycles. The van der Waals surface area contributed by atoms with Crippen LogP contribution in [0.4, 0.5) is 0 Å². The van der Waals surface area contributed by atoms with Gasteiger partial charge in [-0.3, -0.25) is 9.59 Å². The molecule has 0 saturated heterocycles. The highest BCUT2D eigenvalue weighted by molar-refractivity contribution is 6.11. The molecule has 162 valence electrons. The molecule has 0 aromatic heterocycles. The molecule has 1 aromatic rings. The van der Waals surface area contributed by atoms with Crippen molar-refractivity contribution in [3.05, 3.63) is 59.2 Å². The van der Waals surface area contributed by atoms with Gasteiger partial charge in [0.25, 0.3) is 0 Å². The third-order valence-electron chi connectivity index (χ3n) is 6.70. The van der Waals surface area contributed by atoms with Crippen molar-refractivity contribution >= 4 is 11.7 Å². The second kappa shape index (κ2) is 7.51. The van der Waals surface area contributed by atoms with E-state index in [1.807, 2.05) is 36.9 Å².